The van der Waals surface area contributed by atoms with Gasteiger partial charge < -0.3 is 0 Å². The Hall–Kier alpha value is -0.600. The van der Waals surface area contributed by atoms with Crippen LogP contribution in [0.15, 0.2) is 17.5 Å². The Bertz CT molecular complexity index is 507. The van der Waals surface area contributed by atoms with E-state index in [0.29, 0.717) is 0 Å². The standard InChI is InChI=1S/C10H6INS/c1-6-2-3-8-7(4-12)5-13-10(8)9(6)11/h2-3,5H,1H3. The van der Waals surface area contributed by atoms with Crippen LogP contribution in [0.2, 0.25) is 0 Å². The Morgan fingerprint density at radius 2 is 2.23 bits per heavy atom. The first-order valence-electron chi connectivity index (χ1n) is 3.80. The molecule has 0 aliphatic rings. The predicted molar refractivity (Wildman–Crippen MR) is 64.0 cm³/mol. The zero-order valence-electron chi connectivity index (χ0n) is 6.97. The first-order valence-corrected chi connectivity index (χ1v) is 5.76. The minimum atomic E-state index is 0.790. The molecule has 2 aromatic rings. The molecule has 1 aromatic carbocycles. The molecule has 0 N–H and O–H groups in total. The van der Waals surface area contributed by atoms with Crippen LogP contribution in [0.1, 0.15) is 11.1 Å². The van der Waals surface area contributed by atoms with Crippen LogP contribution >= 0.6 is 33.9 Å². The number of fused-ring (bicyclic) bond motifs is 1. The number of halogens is 1. The van der Waals surface area contributed by atoms with Crippen molar-refractivity contribution < 1.29 is 0 Å². The highest BCUT2D eigenvalue weighted by atomic mass is 127. The van der Waals surface area contributed by atoms with E-state index in [1.54, 1.807) is 11.3 Å². The van der Waals surface area contributed by atoms with E-state index in [-0.39, 0.29) is 0 Å². The molecule has 0 aliphatic carbocycles. The first-order chi connectivity index (χ1) is 6.24. The van der Waals surface area contributed by atoms with Gasteiger partial charge in [0.1, 0.15) is 6.07 Å². The van der Waals surface area contributed by atoms with Crippen molar-refractivity contribution in [2.24, 2.45) is 0 Å². The predicted octanol–water partition coefficient (Wildman–Crippen LogP) is 3.69. The molecule has 1 nitrogen and oxygen atoms in total. The Labute approximate surface area is 94.1 Å². The zero-order chi connectivity index (χ0) is 9.42. The normalized spacial score (nSPS) is 10.2. The molecule has 64 valence electrons. The molecule has 0 radical (unpaired) electrons. The lowest BCUT2D eigenvalue weighted by atomic mass is 10.1. The number of nitrogens with zero attached hydrogens (tertiary/aromatic N) is 1. The fraction of sp³-hybridized carbons (Fsp3) is 0.100. The first kappa shape index (κ1) is 8.97. The van der Waals surface area contributed by atoms with Crippen LogP contribution in [0, 0.1) is 21.8 Å². The highest BCUT2D eigenvalue weighted by molar-refractivity contribution is 14.1. The molecule has 13 heavy (non-hydrogen) atoms. The van der Waals surface area contributed by atoms with Crippen LogP contribution in [0.25, 0.3) is 10.1 Å². The maximum Gasteiger partial charge on any atom is 0.101 e. The third-order valence-corrected chi connectivity index (χ3v) is 4.76. The summed E-state index contributed by atoms with van der Waals surface area (Å²) in [6.07, 6.45) is 0. The van der Waals surface area contributed by atoms with E-state index in [1.807, 2.05) is 11.4 Å². The van der Waals surface area contributed by atoms with E-state index >= 15 is 0 Å². The molecule has 0 spiro atoms. The summed E-state index contributed by atoms with van der Waals surface area (Å²) in [5.41, 5.74) is 2.07. The Morgan fingerprint density at radius 1 is 1.46 bits per heavy atom. The average molecular weight is 299 g/mol. The number of nitriles is 1. The van der Waals surface area contributed by atoms with Gasteiger partial charge in [-0.2, -0.15) is 5.26 Å². The molecule has 2 rings (SSSR count). The van der Waals surface area contributed by atoms with Crippen molar-refractivity contribution in [1.29, 1.82) is 5.26 Å². The molecular formula is C10H6INS. The molecule has 0 atom stereocenters. The summed E-state index contributed by atoms with van der Waals surface area (Å²) in [7, 11) is 0. The smallest absolute Gasteiger partial charge is 0.101 e. The van der Waals surface area contributed by atoms with Gasteiger partial charge in [-0.1, -0.05) is 12.1 Å². The number of aryl methyl sites for hydroxylation is 1. The van der Waals surface area contributed by atoms with Crippen LogP contribution in [-0.4, -0.2) is 0 Å². The number of hydrogen-bond acceptors (Lipinski definition) is 2. The van der Waals surface area contributed by atoms with Crippen LogP contribution in [0.5, 0.6) is 0 Å². The van der Waals surface area contributed by atoms with E-state index in [9.17, 15) is 0 Å². The minimum Gasteiger partial charge on any atom is -0.192 e. The fourth-order valence-electron chi connectivity index (χ4n) is 1.25. The van der Waals surface area contributed by atoms with Crippen LogP contribution in [0.4, 0.5) is 0 Å². The largest absolute Gasteiger partial charge is 0.192 e. The lowest BCUT2D eigenvalue weighted by Crippen LogP contribution is -1.79. The van der Waals surface area contributed by atoms with Crippen molar-refractivity contribution in [3.8, 4) is 6.07 Å². The van der Waals surface area contributed by atoms with E-state index < -0.39 is 0 Å². The van der Waals surface area contributed by atoms with Gasteiger partial charge in [0.15, 0.2) is 0 Å². The summed E-state index contributed by atoms with van der Waals surface area (Å²) >= 11 is 3.98. The third-order valence-electron chi connectivity index (χ3n) is 2.00. The highest BCUT2D eigenvalue weighted by Gasteiger charge is 2.07. The SMILES string of the molecule is Cc1ccc2c(C#N)csc2c1I. The summed E-state index contributed by atoms with van der Waals surface area (Å²) < 4.78 is 2.50. The van der Waals surface area contributed by atoms with Gasteiger partial charge in [0.25, 0.3) is 0 Å². The van der Waals surface area contributed by atoms with Gasteiger partial charge in [-0.05, 0) is 35.1 Å². The molecule has 1 heterocycles. The molecule has 0 saturated carbocycles. The second-order valence-electron chi connectivity index (χ2n) is 2.83. The molecule has 3 heteroatoms. The van der Waals surface area contributed by atoms with Gasteiger partial charge in [-0.15, -0.1) is 11.3 Å². The topological polar surface area (TPSA) is 23.8 Å². The van der Waals surface area contributed by atoms with Gasteiger partial charge in [0, 0.05) is 19.0 Å². The number of benzene rings is 1. The van der Waals surface area contributed by atoms with Crippen molar-refractivity contribution in [2.45, 2.75) is 6.92 Å². The van der Waals surface area contributed by atoms with E-state index in [2.05, 4.69) is 41.7 Å². The van der Waals surface area contributed by atoms with Gasteiger partial charge >= 0.3 is 0 Å². The summed E-state index contributed by atoms with van der Waals surface area (Å²) in [5, 5.41) is 11.8. The lowest BCUT2D eigenvalue weighted by molar-refractivity contribution is 1.47. The number of thiophene rings is 1. The van der Waals surface area contributed by atoms with Gasteiger partial charge in [0.05, 0.1) is 5.56 Å². The Morgan fingerprint density at radius 3 is 2.92 bits per heavy atom. The fourth-order valence-corrected chi connectivity index (χ4v) is 3.09. The van der Waals surface area contributed by atoms with E-state index in [1.165, 1.54) is 13.8 Å². The zero-order valence-corrected chi connectivity index (χ0v) is 9.94. The van der Waals surface area contributed by atoms with Gasteiger partial charge in [-0.3, -0.25) is 0 Å². The summed E-state index contributed by atoms with van der Waals surface area (Å²) in [6.45, 7) is 2.09. The van der Waals surface area contributed by atoms with Crippen molar-refractivity contribution in [2.75, 3.05) is 0 Å². The maximum atomic E-state index is 8.84. The molecule has 0 unspecified atom stereocenters. The van der Waals surface area contributed by atoms with Crippen LogP contribution in [0.3, 0.4) is 0 Å². The van der Waals surface area contributed by atoms with Crippen molar-refractivity contribution >= 4 is 44.0 Å². The summed E-state index contributed by atoms with van der Waals surface area (Å²) in [5.74, 6) is 0. The average Bonchev–Trinajstić information content (AvgIpc) is 2.55. The third kappa shape index (κ3) is 1.34. The number of hydrogen-bond donors (Lipinski definition) is 0. The lowest BCUT2D eigenvalue weighted by Gasteiger charge is -1.98. The quantitative estimate of drug-likeness (QED) is 0.681. The summed E-state index contributed by atoms with van der Waals surface area (Å²) in [4.78, 5) is 0. The molecule has 0 fully saturated rings. The Balaban J connectivity index is 2.91. The molecular weight excluding hydrogens is 293 g/mol. The molecule has 0 amide bonds. The second kappa shape index (κ2) is 3.28. The summed E-state index contributed by atoms with van der Waals surface area (Å²) in [6, 6.07) is 6.30. The minimum absolute atomic E-state index is 0.790. The van der Waals surface area contributed by atoms with Crippen LogP contribution < -0.4 is 0 Å². The maximum absolute atomic E-state index is 8.84. The van der Waals surface area contributed by atoms with Crippen molar-refractivity contribution in [3.63, 3.8) is 0 Å². The second-order valence-corrected chi connectivity index (χ2v) is 4.79. The highest BCUT2D eigenvalue weighted by Crippen LogP contribution is 2.31. The monoisotopic (exact) mass is 299 g/mol. The van der Waals surface area contributed by atoms with E-state index in [4.69, 9.17) is 5.26 Å². The van der Waals surface area contributed by atoms with Crippen LogP contribution in [-0.2, 0) is 0 Å². The van der Waals surface area contributed by atoms with Crippen molar-refractivity contribution in [1.82, 2.24) is 0 Å². The molecule has 1 aromatic heterocycles. The van der Waals surface area contributed by atoms with Gasteiger partial charge in [-0.25, -0.2) is 0 Å². The molecule has 0 bridgehead atoms. The molecule has 0 aliphatic heterocycles. The van der Waals surface area contributed by atoms with Gasteiger partial charge in [0.2, 0.25) is 0 Å². The Kier molecular flexibility index (Phi) is 2.26. The van der Waals surface area contributed by atoms with Crippen molar-refractivity contribution in [3.05, 3.63) is 32.2 Å². The number of rotatable bonds is 0. The van der Waals surface area contributed by atoms with E-state index in [0.717, 1.165) is 10.9 Å². The molecule has 0 saturated heterocycles.